The van der Waals surface area contributed by atoms with Crippen molar-refractivity contribution in [3.05, 3.63) is 46.2 Å². The molecule has 0 aromatic carbocycles. The van der Waals surface area contributed by atoms with Gasteiger partial charge in [0.25, 0.3) is 5.91 Å². The molecule has 9 nitrogen and oxygen atoms in total. The smallest absolute Gasteiger partial charge is 0.328 e. The van der Waals surface area contributed by atoms with E-state index in [9.17, 15) is 14.7 Å². The average molecular weight is 386 g/mol. The first kappa shape index (κ1) is 17.4. The van der Waals surface area contributed by atoms with Crippen LogP contribution in [0.25, 0.3) is 5.13 Å². The summed E-state index contributed by atoms with van der Waals surface area (Å²) in [7, 11) is 0. The SMILES string of the molecule is Cc1nnc2n1CC(C(=O)O)N(C(=O)c1cc(C)n(-c3nccs3)c1C)C2. The van der Waals surface area contributed by atoms with E-state index in [-0.39, 0.29) is 19.0 Å². The minimum atomic E-state index is -1.05. The van der Waals surface area contributed by atoms with Gasteiger partial charge in [-0.2, -0.15) is 0 Å². The molecule has 1 aliphatic heterocycles. The van der Waals surface area contributed by atoms with E-state index in [1.165, 1.54) is 16.2 Å². The van der Waals surface area contributed by atoms with E-state index in [2.05, 4.69) is 15.2 Å². The summed E-state index contributed by atoms with van der Waals surface area (Å²) in [5.74, 6) is -0.140. The fourth-order valence-electron chi connectivity index (χ4n) is 3.49. The van der Waals surface area contributed by atoms with E-state index in [1.54, 1.807) is 23.8 Å². The summed E-state index contributed by atoms with van der Waals surface area (Å²) >= 11 is 1.48. The van der Waals surface area contributed by atoms with Gasteiger partial charge in [-0.3, -0.25) is 9.36 Å². The van der Waals surface area contributed by atoms with Crippen molar-refractivity contribution in [2.24, 2.45) is 0 Å². The van der Waals surface area contributed by atoms with E-state index >= 15 is 0 Å². The number of rotatable bonds is 3. The van der Waals surface area contributed by atoms with Crippen LogP contribution in [0.5, 0.6) is 0 Å². The Hall–Kier alpha value is -3.01. The fourth-order valence-corrected chi connectivity index (χ4v) is 4.24. The molecule has 1 amide bonds. The van der Waals surface area contributed by atoms with Crippen molar-refractivity contribution in [3.8, 4) is 5.13 Å². The molecule has 0 aliphatic carbocycles. The number of fused-ring (bicyclic) bond motifs is 1. The standard InChI is InChI=1S/C17H18N6O3S/c1-9-6-12(10(2)23(9)17-18-4-5-27-17)15(24)22-8-14-20-19-11(3)21(14)7-13(22)16(25)26/h4-6,13H,7-8H2,1-3H3,(H,25,26). The highest BCUT2D eigenvalue weighted by molar-refractivity contribution is 7.12. The minimum Gasteiger partial charge on any atom is -0.480 e. The Balaban J connectivity index is 1.74. The molecule has 0 bridgehead atoms. The topological polar surface area (TPSA) is 106 Å². The molecule has 4 rings (SSSR count). The highest BCUT2D eigenvalue weighted by Gasteiger charge is 2.37. The second kappa shape index (κ2) is 6.31. The van der Waals surface area contributed by atoms with Gasteiger partial charge in [-0.1, -0.05) is 0 Å². The van der Waals surface area contributed by atoms with Gasteiger partial charge < -0.3 is 14.6 Å². The Bertz CT molecular complexity index is 1040. The molecule has 3 aromatic heterocycles. The van der Waals surface area contributed by atoms with Crippen LogP contribution in [-0.2, 0) is 17.9 Å². The van der Waals surface area contributed by atoms with Gasteiger partial charge in [0.05, 0.1) is 18.7 Å². The first-order valence-corrected chi connectivity index (χ1v) is 9.27. The van der Waals surface area contributed by atoms with Crippen molar-refractivity contribution in [1.82, 2.24) is 29.2 Å². The number of aromatic nitrogens is 5. The third-order valence-electron chi connectivity index (χ3n) is 4.87. The third kappa shape index (κ3) is 2.72. The van der Waals surface area contributed by atoms with Crippen molar-refractivity contribution in [2.45, 2.75) is 39.9 Å². The van der Waals surface area contributed by atoms with E-state index in [0.717, 1.165) is 16.5 Å². The molecule has 4 heterocycles. The molecular weight excluding hydrogens is 368 g/mol. The summed E-state index contributed by atoms with van der Waals surface area (Å²) in [6.45, 7) is 5.76. The van der Waals surface area contributed by atoms with Crippen molar-refractivity contribution < 1.29 is 14.7 Å². The number of amides is 1. The van der Waals surface area contributed by atoms with Crippen molar-refractivity contribution in [1.29, 1.82) is 0 Å². The largest absolute Gasteiger partial charge is 0.480 e. The van der Waals surface area contributed by atoms with E-state index in [0.29, 0.717) is 17.2 Å². The third-order valence-corrected chi connectivity index (χ3v) is 5.63. The van der Waals surface area contributed by atoms with Crippen LogP contribution in [0.3, 0.4) is 0 Å². The van der Waals surface area contributed by atoms with Gasteiger partial charge in [0.1, 0.15) is 11.9 Å². The summed E-state index contributed by atoms with van der Waals surface area (Å²) in [6, 6.07) is 0.811. The number of nitrogens with zero attached hydrogens (tertiary/aromatic N) is 6. The van der Waals surface area contributed by atoms with Crippen LogP contribution in [0.2, 0.25) is 0 Å². The van der Waals surface area contributed by atoms with Crippen LogP contribution in [0.4, 0.5) is 0 Å². The lowest BCUT2D eigenvalue weighted by Gasteiger charge is -2.33. The second-order valence-corrected chi connectivity index (χ2v) is 7.37. The quantitative estimate of drug-likeness (QED) is 0.732. The maximum atomic E-state index is 13.3. The molecule has 1 aliphatic rings. The normalized spacial score (nSPS) is 16.4. The monoisotopic (exact) mass is 386 g/mol. The highest BCUT2D eigenvalue weighted by Crippen LogP contribution is 2.26. The fraction of sp³-hybridized carbons (Fsp3) is 0.353. The van der Waals surface area contributed by atoms with E-state index < -0.39 is 12.0 Å². The molecule has 27 heavy (non-hydrogen) atoms. The van der Waals surface area contributed by atoms with E-state index in [4.69, 9.17) is 0 Å². The molecule has 0 spiro atoms. The van der Waals surface area contributed by atoms with Crippen LogP contribution in [0.15, 0.2) is 17.6 Å². The lowest BCUT2D eigenvalue weighted by atomic mass is 10.1. The van der Waals surface area contributed by atoms with Gasteiger partial charge in [-0.25, -0.2) is 9.78 Å². The second-order valence-electron chi connectivity index (χ2n) is 6.50. The zero-order chi connectivity index (χ0) is 19.3. The Kier molecular flexibility index (Phi) is 4.06. The van der Waals surface area contributed by atoms with Crippen LogP contribution in [0, 0.1) is 20.8 Å². The summed E-state index contributed by atoms with van der Waals surface area (Å²) in [6.07, 6.45) is 1.71. The molecule has 0 fully saturated rings. The summed E-state index contributed by atoms with van der Waals surface area (Å²) < 4.78 is 3.66. The number of hydrogen-bond acceptors (Lipinski definition) is 6. The van der Waals surface area contributed by atoms with E-state index in [1.807, 2.05) is 23.8 Å². The van der Waals surface area contributed by atoms with Crippen LogP contribution >= 0.6 is 11.3 Å². The molecular formula is C17H18N6O3S. The molecule has 140 valence electrons. The predicted molar refractivity (Wildman–Crippen MR) is 97.0 cm³/mol. The van der Waals surface area contributed by atoms with Crippen LogP contribution in [-0.4, -0.2) is 52.2 Å². The minimum absolute atomic E-state index is 0.109. The first-order chi connectivity index (χ1) is 12.9. The molecule has 1 N–H and O–H groups in total. The van der Waals surface area contributed by atoms with Gasteiger partial charge in [0.15, 0.2) is 11.0 Å². The van der Waals surface area contributed by atoms with Gasteiger partial charge in [-0.05, 0) is 26.8 Å². The zero-order valence-electron chi connectivity index (χ0n) is 15.1. The zero-order valence-corrected chi connectivity index (χ0v) is 15.9. The molecule has 10 heteroatoms. The Morgan fingerprint density at radius 1 is 1.26 bits per heavy atom. The number of aliphatic carboxylic acids is 1. The number of thiazole rings is 1. The number of carboxylic acid groups (broad SMARTS) is 1. The molecule has 0 saturated carbocycles. The molecule has 0 saturated heterocycles. The summed E-state index contributed by atoms with van der Waals surface area (Å²) in [4.78, 5) is 30.8. The van der Waals surface area contributed by atoms with Crippen LogP contribution in [0.1, 0.15) is 33.4 Å². The average Bonchev–Trinajstić information content (AvgIpc) is 3.34. The molecule has 3 aromatic rings. The predicted octanol–water partition coefficient (Wildman–Crippen LogP) is 1.56. The van der Waals surface area contributed by atoms with Crippen molar-refractivity contribution in [2.75, 3.05) is 0 Å². The number of aryl methyl sites for hydroxylation is 2. The van der Waals surface area contributed by atoms with Gasteiger partial charge >= 0.3 is 5.97 Å². The Labute approximate surface area is 158 Å². The lowest BCUT2D eigenvalue weighted by molar-refractivity contribution is -0.143. The van der Waals surface area contributed by atoms with Crippen molar-refractivity contribution >= 4 is 23.2 Å². The van der Waals surface area contributed by atoms with Gasteiger partial charge in [0.2, 0.25) is 0 Å². The van der Waals surface area contributed by atoms with Gasteiger partial charge in [-0.15, -0.1) is 21.5 Å². The Morgan fingerprint density at radius 3 is 2.70 bits per heavy atom. The summed E-state index contributed by atoms with van der Waals surface area (Å²) in [5.41, 5.74) is 2.08. The number of carbonyl (C=O) groups excluding carboxylic acids is 1. The number of carboxylic acids is 1. The number of carbonyl (C=O) groups is 2. The summed E-state index contributed by atoms with van der Waals surface area (Å²) in [5, 5.41) is 20.4. The van der Waals surface area contributed by atoms with Gasteiger partial charge in [0, 0.05) is 23.0 Å². The number of hydrogen-bond donors (Lipinski definition) is 1. The molecule has 1 atom stereocenters. The molecule has 1 unspecified atom stereocenters. The first-order valence-electron chi connectivity index (χ1n) is 8.39. The lowest BCUT2D eigenvalue weighted by Crippen LogP contribution is -2.50. The molecule has 0 radical (unpaired) electrons. The van der Waals surface area contributed by atoms with Crippen LogP contribution < -0.4 is 0 Å². The maximum absolute atomic E-state index is 13.3. The maximum Gasteiger partial charge on any atom is 0.328 e. The highest BCUT2D eigenvalue weighted by atomic mass is 32.1. The Morgan fingerprint density at radius 2 is 2.04 bits per heavy atom. The van der Waals surface area contributed by atoms with Crippen molar-refractivity contribution in [3.63, 3.8) is 0 Å².